The van der Waals surface area contributed by atoms with Gasteiger partial charge in [0.25, 0.3) is 0 Å². The van der Waals surface area contributed by atoms with Gasteiger partial charge in [0.1, 0.15) is 30.4 Å². The summed E-state index contributed by atoms with van der Waals surface area (Å²) < 4.78 is 50.2. The van der Waals surface area contributed by atoms with Crippen LogP contribution in [0.5, 0.6) is 0 Å². The summed E-state index contributed by atoms with van der Waals surface area (Å²) in [4.78, 5) is 7.51. The number of nitrogens with zero attached hydrogens (tertiary/aromatic N) is 3. The number of guanidine groups is 1. The fourth-order valence-corrected chi connectivity index (χ4v) is 1.21. The maximum atomic E-state index is 10.2. The van der Waals surface area contributed by atoms with E-state index in [1.54, 1.807) is 0 Å². The summed E-state index contributed by atoms with van der Waals surface area (Å²) in [6.45, 7) is -0.339. The molecule has 4 atom stereocenters. The summed E-state index contributed by atoms with van der Waals surface area (Å²) in [5, 5.41) is 29.6. The maximum absolute atomic E-state index is 10.2. The van der Waals surface area contributed by atoms with E-state index < -0.39 is 36.8 Å². The molecule has 0 spiro atoms. The standard InChI is InChI=1S/C9H14N4O4/c1-4-12-9(10)11-3-13(4)8-7(16)6(15)5(2-14)17-8/h3,5-8,14-16H,1-2H2,(H2,10,12)/t5-,6?,7+,8-/m1/s1/i2D2,5D,6D,7D,8D. The number of nitrogens with two attached hydrogens (primary N) is 1. The van der Waals surface area contributed by atoms with Gasteiger partial charge in [-0.1, -0.05) is 6.58 Å². The van der Waals surface area contributed by atoms with Crippen molar-refractivity contribution in [1.82, 2.24) is 4.90 Å². The van der Waals surface area contributed by atoms with E-state index in [1.807, 2.05) is 0 Å². The summed E-state index contributed by atoms with van der Waals surface area (Å²) in [7, 11) is 0. The van der Waals surface area contributed by atoms with Crippen LogP contribution in [-0.2, 0) is 4.74 Å². The van der Waals surface area contributed by atoms with E-state index in [0.717, 1.165) is 6.34 Å². The Bertz CT molecular complexity index is 620. The van der Waals surface area contributed by atoms with Gasteiger partial charge >= 0.3 is 0 Å². The van der Waals surface area contributed by atoms with Gasteiger partial charge in [-0.05, 0) is 0 Å². The highest BCUT2D eigenvalue weighted by Gasteiger charge is 2.45. The number of ether oxygens (including phenoxy) is 1. The summed E-state index contributed by atoms with van der Waals surface area (Å²) in [5.74, 6) is -0.672. The van der Waals surface area contributed by atoms with Gasteiger partial charge in [0.2, 0.25) is 5.96 Å². The van der Waals surface area contributed by atoms with Gasteiger partial charge < -0.3 is 25.8 Å². The molecule has 2 heterocycles. The maximum Gasteiger partial charge on any atom is 0.223 e. The van der Waals surface area contributed by atoms with Crippen molar-refractivity contribution in [2.75, 3.05) is 6.56 Å². The Morgan fingerprint density at radius 3 is 2.88 bits per heavy atom. The monoisotopic (exact) mass is 248 g/mol. The van der Waals surface area contributed by atoms with Crippen molar-refractivity contribution in [3.8, 4) is 0 Å². The van der Waals surface area contributed by atoms with E-state index in [9.17, 15) is 15.3 Å². The molecular formula is C9H14N4O4. The van der Waals surface area contributed by atoms with E-state index in [-0.39, 0.29) is 5.96 Å². The van der Waals surface area contributed by atoms with Crippen molar-refractivity contribution in [3.05, 3.63) is 12.4 Å². The molecule has 0 saturated carbocycles. The van der Waals surface area contributed by atoms with E-state index in [4.69, 9.17) is 14.0 Å². The first-order valence-corrected chi connectivity index (χ1v) is 4.36. The first-order valence-electron chi connectivity index (χ1n) is 7.36. The van der Waals surface area contributed by atoms with Gasteiger partial charge in [-0.2, -0.15) is 4.99 Å². The average molecular weight is 248 g/mol. The zero-order chi connectivity index (χ0) is 18.1. The quantitative estimate of drug-likeness (QED) is 0.430. The van der Waals surface area contributed by atoms with Crippen LogP contribution in [0.4, 0.5) is 0 Å². The second-order valence-corrected chi connectivity index (χ2v) is 3.05. The lowest BCUT2D eigenvalue weighted by atomic mass is 10.1. The molecule has 1 saturated heterocycles. The van der Waals surface area contributed by atoms with Gasteiger partial charge in [0.05, 0.1) is 14.8 Å². The van der Waals surface area contributed by atoms with Crippen LogP contribution in [0.25, 0.3) is 0 Å². The molecule has 0 radical (unpaired) electrons. The minimum atomic E-state index is -3.78. The lowest BCUT2D eigenvalue weighted by Crippen LogP contribution is -2.44. The third-order valence-corrected chi connectivity index (χ3v) is 1.99. The zero-order valence-electron chi connectivity index (χ0n) is 14.5. The fraction of sp³-hybridized carbons (Fsp3) is 0.556. The molecule has 17 heavy (non-hydrogen) atoms. The Labute approximate surface area is 106 Å². The molecule has 2 rings (SSSR count). The van der Waals surface area contributed by atoms with Crippen LogP contribution >= 0.6 is 0 Å². The van der Waals surface area contributed by atoms with Gasteiger partial charge in [-0.25, -0.2) is 4.99 Å². The molecule has 2 aliphatic rings. The highest BCUT2D eigenvalue weighted by Crippen LogP contribution is 2.26. The van der Waals surface area contributed by atoms with Crippen LogP contribution in [0.15, 0.2) is 22.4 Å². The lowest BCUT2D eigenvalue weighted by molar-refractivity contribution is -0.0607. The van der Waals surface area contributed by atoms with Crippen molar-refractivity contribution >= 4 is 12.3 Å². The van der Waals surface area contributed by atoms with Crippen LogP contribution in [0.2, 0.25) is 0 Å². The Balaban J connectivity index is 2.61. The molecule has 2 aliphatic heterocycles. The minimum absolute atomic E-state index is 0.280. The van der Waals surface area contributed by atoms with Crippen molar-refractivity contribution in [2.45, 2.75) is 24.4 Å². The Morgan fingerprint density at radius 2 is 2.35 bits per heavy atom. The molecule has 1 fully saturated rings. The highest BCUT2D eigenvalue weighted by molar-refractivity contribution is 5.89. The molecule has 1 unspecified atom stereocenters. The molecule has 8 heteroatoms. The molecular weight excluding hydrogens is 228 g/mol. The number of hydrogen-bond donors (Lipinski definition) is 4. The topological polar surface area (TPSA) is 124 Å². The Hall–Kier alpha value is -1.48. The molecule has 0 aliphatic carbocycles. The SMILES string of the molecule is [2H]C([2H])(O)[C@@]1([2H])O[C@@]([2H])(N2C=NC(N)=NC2=C)[C@@]([2H])(O)C1([2H])O. The van der Waals surface area contributed by atoms with Crippen LogP contribution < -0.4 is 5.73 Å². The van der Waals surface area contributed by atoms with Crippen molar-refractivity contribution in [3.63, 3.8) is 0 Å². The molecule has 0 aromatic rings. The average Bonchev–Trinajstić information content (AvgIpc) is 2.46. The molecule has 5 N–H and O–H groups in total. The van der Waals surface area contributed by atoms with Gasteiger partial charge in [0, 0.05) is 0 Å². The third kappa shape index (κ3) is 2.03. The largest absolute Gasteiger partial charge is 0.394 e. The first-order chi connectivity index (χ1) is 10.1. The highest BCUT2D eigenvalue weighted by atomic mass is 16.6. The Kier molecular flexibility index (Phi) is 1.68. The van der Waals surface area contributed by atoms with Crippen LogP contribution in [0.3, 0.4) is 0 Å². The normalized spacial score (nSPS) is 60.8. The van der Waals surface area contributed by atoms with Gasteiger partial charge in [-0.3, -0.25) is 4.90 Å². The first kappa shape index (κ1) is 6.45. The lowest BCUT2D eigenvalue weighted by Gasteiger charge is -2.29. The van der Waals surface area contributed by atoms with Crippen LogP contribution in [0, 0.1) is 0 Å². The molecule has 0 amide bonds. The van der Waals surface area contributed by atoms with E-state index in [0.29, 0.717) is 4.90 Å². The van der Waals surface area contributed by atoms with Crippen molar-refractivity contribution in [2.24, 2.45) is 15.7 Å². The third-order valence-electron chi connectivity index (χ3n) is 1.99. The number of rotatable bonds is 2. The Morgan fingerprint density at radius 1 is 1.65 bits per heavy atom. The van der Waals surface area contributed by atoms with Crippen molar-refractivity contribution < 1.29 is 28.3 Å². The summed E-state index contributed by atoms with van der Waals surface area (Å²) in [6.07, 6.45) is -13.5. The molecule has 94 valence electrons. The van der Waals surface area contributed by atoms with Crippen LogP contribution in [0.1, 0.15) is 8.22 Å². The van der Waals surface area contributed by atoms with Crippen LogP contribution in [-0.4, -0.2) is 63.5 Å². The zero-order valence-corrected chi connectivity index (χ0v) is 8.45. The summed E-state index contributed by atoms with van der Waals surface area (Å²) in [6, 6.07) is 0. The van der Waals surface area contributed by atoms with E-state index in [1.165, 1.54) is 0 Å². The molecule has 0 aromatic carbocycles. The second-order valence-electron chi connectivity index (χ2n) is 3.05. The molecule has 0 aromatic heterocycles. The van der Waals surface area contributed by atoms with E-state index in [2.05, 4.69) is 21.3 Å². The smallest absolute Gasteiger partial charge is 0.223 e. The van der Waals surface area contributed by atoms with Crippen molar-refractivity contribution in [1.29, 1.82) is 0 Å². The summed E-state index contributed by atoms with van der Waals surface area (Å²) in [5.41, 5.74) is 5.30. The number of hydrogen-bond acceptors (Lipinski definition) is 8. The second kappa shape index (κ2) is 4.41. The van der Waals surface area contributed by atoms with Gasteiger partial charge in [-0.15, -0.1) is 0 Å². The molecule has 0 bridgehead atoms. The predicted molar refractivity (Wildman–Crippen MR) is 58.9 cm³/mol. The van der Waals surface area contributed by atoms with Gasteiger partial charge in [0.15, 0.2) is 6.20 Å². The predicted octanol–water partition coefficient (Wildman–Crippen LogP) is -2.44. The molecule has 8 nitrogen and oxygen atoms in total. The minimum Gasteiger partial charge on any atom is -0.394 e. The van der Waals surface area contributed by atoms with E-state index >= 15 is 0 Å². The number of aliphatic hydroxyl groups is 3. The summed E-state index contributed by atoms with van der Waals surface area (Å²) >= 11 is 0. The number of aliphatic imine (C=N–C) groups is 2. The fourth-order valence-electron chi connectivity index (χ4n) is 1.21.